The molecule has 1 amide bonds. The van der Waals surface area contributed by atoms with Crippen molar-refractivity contribution in [1.82, 2.24) is 4.90 Å². The Hall–Kier alpha value is -1.10. The first kappa shape index (κ1) is 16.3. The van der Waals surface area contributed by atoms with Gasteiger partial charge < -0.3 is 14.7 Å². The van der Waals surface area contributed by atoms with Crippen LogP contribution in [0.4, 0.5) is 0 Å². The van der Waals surface area contributed by atoms with E-state index in [2.05, 4.69) is 0 Å². The molecule has 0 aromatic carbocycles. The van der Waals surface area contributed by atoms with Gasteiger partial charge in [-0.3, -0.25) is 9.59 Å². The predicted octanol–water partition coefficient (Wildman–Crippen LogP) is 2.44. The largest absolute Gasteiger partial charge is 0.481 e. The highest BCUT2D eigenvalue weighted by Gasteiger charge is 2.42. The highest BCUT2D eigenvalue weighted by Crippen LogP contribution is 2.40. The van der Waals surface area contributed by atoms with Crippen molar-refractivity contribution in [2.45, 2.75) is 64.4 Å². The minimum absolute atomic E-state index is 0.0303. The molecular formula is C16H27NO4. The molecular weight excluding hydrogens is 270 g/mol. The van der Waals surface area contributed by atoms with Crippen LogP contribution in [0.2, 0.25) is 0 Å². The van der Waals surface area contributed by atoms with Crippen molar-refractivity contribution in [3.63, 3.8) is 0 Å². The molecule has 1 atom stereocenters. The van der Waals surface area contributed by atoms with Crippen LogP contribution in [0.25, 0.3) is 0 Å². The van der Waals surface area contributed by atoms with Crippen molar-refractivity contribution in [3.8, 4) is 0 Å². The van der Waals surface area contributed by atoms with Gasteiger partial charge in [0.2, 0.25) is 5.91 Å². The molecule has 0 bridgehead atoms. The van der Waals surface area contributed by atoms with Crippen LogP contribution in [0.5, 0.6) is 0 Å². The van der Waals surface area contributed by atoms with E-state index in [1.54, 1.807) is 4.90 Å². The fourth-order valence-corrected chi connectivity index (χ4v) is 3.54. The van der Waals surface area contributed by atoms with Gasteiger partial charge in [0.25, 0.3) is 0 Å². The Labute approximate surface area is 126 Å². The van der Waals surface area contributed by atoms with Crippen LogP contribution in [0.3, 0.4) is 0 Å². The first-order valence-corrected chi connectivity index (χ1v) is 8.20. The number of carbonyl (C=O) groups is 2. The molecule has 1 saturated heterocycles. The van der Waals surface area contributed by atoms with Gasteiger partial charge in [0.1, 0.15) is 0 Å². The van der Waals surface area contributed by atoms with Crippen molar-refractivity contribution in [3.05, 3.63) is 0 Å². The van der Waals surface area contributed by atoms with E-state index in [0.29, 0.717) is 25.9 Å². The average molecular weight is 297 g/mol. The normalized spacial score (nSPS) is 24.7. The fourth-order valence-electron chi connectivity index (χ4n) is 3.54. The van der Waals surface area contributed by atoms with Gasteiger partial charge in [-0.05, 0) is 32.6 Å². The zero-order valence-electron chi connectivity index (χ0n) is 13.0. The first-order valence-electron chi connectivity index (χ1n) is 8.20. The second kappa shape index (κ2) is 7.25. The predicted molar refractivity (Wildman–Crippen MR) is 79.0 cm³/mol. The lowest BCUT2D eigenvalue weighted by Gasteiger charge is -2.34. The summed E-state index contributed by atoms with van der Waals surface area (Å²) >= 11 is 0. The lowest BCUT2D eigenvalue weighted by molar-refractivity contribution is -0.156. The second-order valence-electron chi connectivity index (χ2n) is 6.39. The summed E-state index contributed by atoms with van der Waals surface area (Å²) in [6.45, 7) is 3.94. The van der Waals surface area contributed by atoms with E-state index in [-0.39, 0.29) is 18.4 Å². The smallest absolute Gasteiger partial charge is 0.310 e. The van der Waals surface area contributed by atoms with Gasteiger partial charge in [-0.15, -0.1) is 0 Å². The minimum atomic E-state index is -0.834. The Kier molecular flexibility index (Phi) is 5.62. The minimum Gasteiger partial charge on any atom is -0.481 e. The Morgan fingerprint density at radius 3 is 2.48 bits per heavy atom. The molecule has 0 aromatic heterocycles. The molecule has 5 heteroatoms. The number of amides is 1. The summed E-state index contributed by atoms with van der Waals surface area (Å²) in [5, 5.41) is 9.58. The third-order valence-corrected chi connectivity index (χ3v) is 4.94. The molecule has 120 valence electrons. The Balaban J connectivity index is 1.97. The summed E-state index contributed by atoms with van der Waals surface area (Å²) in [4.78, 5) is 26.0. The number of aliphatic carboxylic acids is 1. The maximum absolute atomic E-state index is 12.5. The number of carbonyl (C=O) groups excluding carboxylic acids is 1. The van der Waals surface area contributed by atoms with E-state index in [9.17, 15) is 14.7 Å². The van der Waals surface area contributed by atoms with Gasteiger partial charge in [-0.25, -0.2) is 0 Å². The molecule has 2 rings (SSSR count). The van der Waals surface area contributed by atoms with Gasteiger partial charge in [0.05, 0.1) is 11.5 Å². The number of hydrogen-bond acceptors (Lipinski definition) is 3. The van der Waals surface area contributed by atoms with Crippen LogP contribution in [0.1, 0.15) is 58.3 Å². The number of ether oxygens (including phenoxy) is 1. The molecule has 21 heavy (non-hydrogen) atoms. The number of carboxylic acids is 1. The lowest BCUT2D eigenvalue weighted by Crippen LogP contribution is -2.43. The van der Waals surface area contributed by atoms with E-state index >= 15 is 0 Å². The van der Waals surface area contributed by atoms with Crippen molar-refractivity contribution < 1.29 is 19.4 Å². The van der Waals surface area contributed by atoms with Crippen LogP contribution in [-0.2, 0) is 14.3 Å². The SMILES string of the molecule is CCN(CC1CCCO1)C(=O)CC1(C(=O)O)CCCCC1. The van der Waals surface area contributed by atoms with Crippen molar-refractivity contribution >= 4 is 11.9 Å². The highest BCUT2D eigenvalue weighted by molar-refractivity contribution is 5.85. The van der Waals surface area contributed by atoms with E-state index in [1.165, 1.54) is 0 Å². The Morgan fingerprint density at radius 1 is 1.24 bits per heavy atom. The summed E-state index contributed by atoms with van der Waals surface area (Å²) in [5.74, 6) is -0.832. The highest BCUT2D eigenvalue weighted by atomic mass is 16.5. The third-order valence-electron chi connectivity index (χ3n) is 4.94. The van der Waals surface area contributed by atoms with Crippen molar-refractivity contribution in [2.24, 2.45) is 5.41 Å². The number of nitrogens with zero attached hydrogens (tertiary/aromatic N) is 1. The Bertz CT molecular complexity index is 370. The molecule has 2 aliphatic rings. The number of likely N-dealkylation sites (N-methyl/N-ethyl adjacent to an activating group) is 1. The molecule has 1 unspecified atom stereocenters. The van der Waals surface area contributed by atoms with E-state index in [1.807, 2.05) is 6.92 Å². The summed E-state index contributed by atoms with van der Waals surface area (Å²) < 4.78 is 5.59. The summed E-state index contributed by atoms with van der Waals surface area (Å²) in [7, 11) is 0. The van der Waals surface area contributed by atoms with E-state index in [0.717, 1.165) is 38.7 Å². The number of hydrogen-bond donors (Lipinski definition) is 1. The lowest BCUT2D eigenvalue weighted by atomic mass is 9.71. The third kappa shape index (κ3) is 3.96. The Morgan fingerprint density at radius 2 is 1.95 bits per heavy atom. The van der Waals surface area contributed by atoms with Gasteiger partial charge in [-0.2, -0.15) is 0 Å². The number of carboxylic acid groups (broad SMARTS) is 1. The van der Waals surface area contributed by atoms with Crippen LogP contribution in [0, 0.1) is 5.41 Å². The first-order chi connectivity index (χ1) is 10.1. The molecule has 0 radical (unpaired) electrons. The fraction of sp³-hybridized carbons (Fsp3) is 0.875. The topological polar surface area (TPSA) is 66.8 Å². The van der Waals surface area contributed by atoms with E-state index in [4.69, 9.17) is 4.74 Å². The van der Waals surface area contributed by atoms with E-state index < -0.39 is 11.4 Å². The zero-order chi connectivity index (χ0) is 15.3. The second-order valence-corrected chi connectivity index (χ2v) is 6.39. The zero-order valence-corrected chi connectivity index (χ0v) is 13.0. The quantitative estimate of drug-likeness (QED) is 0.817. The van der Waals surface area contributed by atoms with Crippen LogP contribution in [-0.4, -0.2) is 47.7 Å². The molecule has 5 nitrogen and oxygen atoms in total. The molecule has 1 aliphatic carbocycles. The molecule has 1 N–H and O–H groups in total. The summed E-state index contributed by atoms with van der Waals surface area (Å²) in [6, 6.07) is 0. The monoisotopic (exact) mass is 297 g/mol. The molecule has 1 aliphatic heterocycles. The van der Waals surface area contributed by atoms with Crippen LogP contribution in [0.15, 0.2) is 0 Å². The molecule has 2 fully saturated rings. The maximum Gasteiger partial charge on any atom is 0.310 e. The van der Waals surface area contributed by atoms with Gasteiger partial charge in [0.15, 0.2) is 0 Å². The van der Waals surface area contributed by atoms with Crippen LogP contribution < -0.4 is 0 Å². The van der Waals surface area contributed by atoms with Gasteiger partial charge in [-0.1, -0.05) is 19.3 Å². The summed E-state index contributed by atoms with van der Waals surface area (Å²) in [5.41, 5.74) is -0.834. The molecule has 0 spiro atoms. The molecule has 0 aromatic rings. The van der Waals surface area contributed by atoms with Crippen LogP contribution >= 0.6 is 0 Å². The average Bonchev–Trinajstić information content (AvgIpc) is 2.98. The number of rotatable bonds is 6. The standard InChI is InChI=1S/C16H27NO4/c1-2-17(12-13-7-6-10-21-13)14(18)11-16(15(19)20)8-4-3-5-9-16/h13H,2-12H2,1H3,(H,19,20). The van der Waals surface area contributed by atoms with Crippen molar-refractivity contribution in [2.75, 3.05) is 19.7 Å². The maximum atomic E-state index is 12.5. The summed E-state index contributed by atoms with van der Waals surface area (Å²) in [6.07, 6.45) is 6.48. The van der Waals surface area contributed by atoms with Gasteiger partial charge in [0, 0.05) is 26.1 Å². The molecule has 1 saturated carbocycles. The van der Waals surface area contributed by atoms with Gasteiger partial charge >= 0.3 is 5.97 Å². The molecule has 1 heterocycles. The van der Waals surface area contributed by atoms with Crippen molar-refractivity contribution in [1.29, 1.82) is 0 Å².